The zero-order valence-electron chi connectivity index (χ0n) is 19.8. The summed E-state index contributed by atoms with van der Waals surface area (Å²) in [5, 5.41) is 7.56. The zero-order valence-corrected chi connectivity index (χ0v) is 19.8. The van der Waals surface area contributed by atoms with Gasteiger partial charge in [0.05, 0.1) is 17.4 Å². The fraction of sp³-hybridized carbons (Fsp3) is 0.692. The lowest BCUT2D eigenvalue weighted by molar-refractivity contribution is 0.0442. The summed E-state index contributed by atoms with van der Waals surface area (Å²) in [6.45, 7) is 8.64. The van der Waals surface area contributed by atoms with E-state index in [1.54, 1.807) is 0 Å². The van der Waals surface area contributed by atoms with Crippen molar-refractivity contribution in [2.45, 2.75) is 76.3 Å². The lowest BCUT2D eigenvalue weighted by Crippen LogP contribution is -2.51. The molecule has 1 saturated carbocycles. The third-order valence-electron chi connectivity index (χ3n) is 8.38. The van der Waals surface area contributed by atoms with Crippen LogP contribution in [0.1, 0.15) is 70.8 Å². The van der Waals surface area contributed by atoms with E-state index in [-0.39, 0.29) is 0 Å². The van der Waals surface area contributed by atoms with Gasteiger partial charge in [-0.2, -0.15) is 0 Å². The van der Waals surface area contributed by atoms with Gasteiger partial charge in [0.25, 0.3) is 0 Å². The molecule has 5 rings (SSSR count). The van der Waals surface area contributed by atoms with Crippen molar-refractivity contribution in [2.75, 3.05) is 44.2 Å². The average molecular weight is 437 g/mol. The van der Waals surface area contributed by atoms with Crippen LogP contribution in [0.15, 0.2) is 24.3 Å². The van der Waals surface area contributed by atoms with Crippen LogP contribution in [0, 0.1) is 5.41 Å². The lowest BCUT2D eigenvalue weighted by Gasteiger charge is -2.47. The Balaban J connectivity index is 1.35. The minimum absolute atomic E-state index is 0.397. The summed E-state index contributed by atoms with van der Waals surface area (Å²) in [4.78, 5) is 12.5. The Morgan fingerprint density at radius 3 is 2.25 bits per heavy atom. The Morgan fingerprint density at radius 1 is 0.906 bits per heavy atom. The van der Waals surface area contributed by atoms with E-state index in [1.807, 2.05) is 0 Å². The number of imidazole rings is 1. The highest BCUT2D eigenvalue weighted by atomic mass is 15.4. The molecule has 32 heavy (non-hydrogen) atoms. The van der Waals surface area contributed by atoms with Crippen LogP contribution in [0.3, 0.4) is 0 Å². The number of benzene rings is 1. The standard InChI is InChI=1S/C26H40N6/c1-26(13-7-3-2-4-8-14-26)31-15-11-22(12-16-31)32-24-10-6-5-9-23(24)28-25(32)30-19-17-29(21-27)18-20-30/h5-6,9-10,21-22,27H,2-4,7-8,11-20H2,1H3. The third-order valence-corrected chi connectivity index (χ3v) is 8.38. The van der Waals surface area contributed by atoms with Crippen molar-refractivity contribution in [1.82, 2.24) is 19.4 Å². The molecule has 1 aliphatic carbocycles. The van der Waals surface area contributed by atoms with Gasteiger partial charge in [-0.3, -0.25) is 10.3 Å². The molecule has 1 N–H and O–H groups in total. The van der Waals surface area contributed by atoms with Gasteiger partial charge in [0, 0.05) is 50.8 Å². The molecule has 0 spiro atoms. The number of aromatic nitrogens is 2. The third kappa shape index (κ3) is 4.26. The van der Waals surface area contributed by atoms with E-state index >= 15 is 0 Å². The highest BCUT2D eigenvalue weighted by Gasteiger charge is 2.36. The van der Waals surface area contributed by atoms with Crippen molar-refractivity contribution in [1.29, 1.82) is 5.41 Å². The van der Waals surface area contributed by atoms with Crippen LogP contribution in [-0.4, -0.2) is 70.5 Å². The van der Waals surface area contributed by atoms with Crippen molar-refractivity contribution in [3.05, 3.63) is 24.3 Å². The number of anilines is 1. The van der Waals surface area contributed by atoms with Crippen molar-refractivity contribution >= 4 is 23.3 Å². The van der Waals surface area contributed by atoms with Gasteiger partial charge in [-0.05, 0) is 44.7 Å². The Kier molecular flexibility index (Phi) is 6.40. The molecular formula is C26H40N6. The van der Waals surface area contributed by atoms with Crippen molar-refractivity contribution in [2.24, 2.45) is 0 Å². The summed E-state index contributed by atoms with van der Waals surface area (Å²) in [5.74, 6) is 1.14. The van der Waals surface area contributed by atoms with E-state index in [0.29, 0.717) is 11.6 Å². The molecule has 174 valence electrons. The molecule has 2 aliphatic heterocycles. The van der Waals surface area contributed by atoms with Gasteiger partial charge in [-0.15, -0.1) is 0 Å². The second kappa shape index (κ2) is 9.42. The molecule has 2 saturated heterocycles. The molecule has 0 atom stereocenters. The minimum atomic E-state index is 0.397. The number of para-hydroxylation sites is 2. The summed E-state index contributed by atoms with van der Waals surface area (Å²) in [5.41, 5.74) is 2.80. The number of nitrogens with zero attached hydrogens (tertiary/aromatic N) is 5. The Bertz CT molecular complexity index is 896. The van der Waals surface area contributed by atoms with Gasteiger partial charge in [-0.25, -0.2) is 4.98 Å². The van der Waals surface area contributed by atoms with Crippen LogP contribution < -0.4 is 4.90 Å². The van der Waals surface area contributed by atoms with Crippen LogP contribution in [0.2, 0.25) is 0 Å². The molecule has 0 amide bonds. The summed E-state index contributed by atoms with van der Waals surface area (Å²) in [6.07, 6.45) is 13.7. The van der Waals surface area contributed by atoms with E-state index in [0.717, 1.165) is 37.6 Å². The molecule has 1 aromatic heterocycles. The van der Waals surface area contributed by atoms with Crippen LogP contribution in [0.5, 0.6) is 0 Å². The summed E-state index contributed by atoms with van der Waals surface area (Å²) < 4.78 is 2.56. The van der Waals surface area contributed by atoms with E-state index in [9.17, 15) is 0 Å². The summed E-state index contributed by atoms with van der Waals surface area (Å²) >= 11 is 0. The van der Waals surface area contributed by atoms with E-state index < -0.39 is 0 Å². The number of rotatable bonds is 4. The Hall–Kier alpha value is -2.08. The Labute approximate surface area is 193 Å². The monoisotopic (exact) mass is 436 g/mol. The average Bonchev–Trinajstić information content (AvgIpc) is 3.21. The minimum Gasteiger partial charge on any atom is -0.360 e. The second-order valence-electron chi connectivity index (χ2n) is 10.4. The van der Waals surface area contributed by atoms with Gasteiger partial charge in [0.1, 0.15) is 0 Å². The molecule has 0 radical (unpaired) electrons. The van der Waals surface area contributed by atoms with Gasteiger partial charge in [-0.1, -0.05) is 44.2 Å². The zero-order chi connectivity index (χ0) is 22.0. The molecule has 0 bridgehead atoms. The Morgan fingerprint density at radius 2 is 1.56 bits per heavy atom. The maximum atomic E-state index is 7.56. The van der Waals surface area contributed by atoms with Gasteiger partial charge >= 0.3 is 0 Å². The normalized spacial score (nSPS) is 23.8. The van der Waals surface area contributed by atoms with Gasteiger partial charge < -0.3 is 14.4 Å². The fourth-order valence-corrected chi connectivity index (χ4v) is 6.31. The van der Waals surface area contributed by atoms with Crippen LogP contribution in [-0.2, 0) is 0 Å². The number of fused-ring (bicyclic) bond motifs is 1. The quantitative estimate of drug-likeness (QED) is 0.547. The predicted octanol–water partition coefficient (Wildman–Crippen LogP) is 4.91. The second-order valence-corrected chi connectivity index (χ2v) is 10.4. The number of piperidine rings is 1. The van der Waals surface area contributed by atoms with E-state index in [2.05, 4.69) is 50.5 Å². The predicted molar refractivity (Wildman–Crippen MR) is 133 cm³/mol. The first-order valence-corrected chi connectivity index (χ1v) is 12.9. The SMILES string of the molecule is CC1(N2CCC(n3c(N4CCN(C=N)CC4)nc4ccccc43)CC2)CCCCCCC1. The largest absolute Gasteiger partial charge is 0.360 e. The number of hydrogen-bond acceptors (Lipinski definition) is 4. The number of piperazine rings is 1. The maximum Gasteiger partial charge on any atom is 0.206 e. The van der Waals surface area contributed by atoms with E-state index in [4.69, 9.17) is 10.4 Å². The van der Waals surface area contributed by atoms with E-state index in [1.165, 1.54) is 82.7 Å². The molecule has 2 aromatic rings. The van der Waals surface area contributed by atoms with Crippen LogP contribution >= 0.6 is 0 Å². The number of nitrogens with one attached hydrogen (secondary N) is 1. The van der Waals surface area contributed by atoms with Crippen molar-refractivity contribution in [3.8, 4) is 0 Å². The summed E-state index contributed by atoms with van der Waals surface area (Å²) in [7, 11) is 0. The molecule has 0 unspecified atom stereocenters. The molecule has 1 aromatic carbocycles. The number of likely N-dealkylation sites (tertiary alicyclic amines) is 1. The molecule has 6 nitrogen and oxygen atoms in total. The highest BCUT2D eigenvalue weighted by molar-refractivity contribution is 5.79. The maximum absolute atomic E-state index is 7.56. The molecular weight excluding hydrogens is 396 g/mol. The van der Waals surface area contributed by atoms with Gasteiger partial charge in [0.2, 0.25) is 5.95 Å². The smallest absolute Gasteiger partial charge is 0.206 e. The van der Waals surface area contributed by atoms with Gasteiger partial charge in [0.15, 0.2) is 0 Å². The highest BCUT2D eigenvalue weighted by Crippen LogP contribution is 2.38. The van der Waals surface area contributed by atoms with Crippen LogP contribution in [0.25, 0.3) is 11.0 Å². The topological polar surface area (TPSA) is 51.4 Å². The molecule has 3 heterocycles. The first-order chi connectivity index (χ1) is 15.7. The van der Waals surface area contributed by atoms with Crippen molar-refractivity contribution < 1.29 is 0 Å². The molecule has 3 fully saturated rings. The van der Waals surface area contributed by atoms with Crippen LogP contribution in [0.4, 0.5) is 5.95 Å². The number of hydrogen-bond donors (Lipinski definition) is 1. The summed E-state index contributed by atoms with van der Waals surface area (Å²) in [6, 6.07) is 9.19. The van der Waals surface area contributed by atoms with Crippen molar-refractivity contribution in [3.63, 3.8) is 0 Å². The molecule has 3 aliphatic rings. The fourth-order valence-electron chi connectivity index (χ4n) is 6.31. The molecule has 6 heteroatoms. The first-order valence-electron chi connectivity index (χ1n) is 12.9. The first kappa shape index (κ1) is 21.7. The lowest BCUT2D eigenvalue weighted by atomic mass is 9.82.